The zero-order valence-corrected chi connectivity index (χ0v) is 19.5. The molecule has 1 aromatic rings. The molecular weight excluding hydrogens is 525 g/mol. The van der Waals surface area contributed by atoms with E-state index in [2.05, 4.69) is 29.4 Å². The summed E-state index contributed by atoms with van der Waals surface area (Å²) in [4.78, 5) is 18.6. The maximum atomic E-state index is 12.5. The molecule has 0 aromatic carbocycles. The Morgan fingerprint density at radius 3 is 2.89 bits per heavy atom. The highest BCUT2D eigenvalue weighted by atomic mass is 127. The molecule has 27 heavy (non-hydrogen) atoms. The number of hydrogen-bond acceptors (Lipinski definition) is 6. The second kappa shape index (κ2) is 8.10. The predicted molar refractivity (Wildman–Crippen MR) is 120 cm³/mol. The smallest absolute Gasteiger partial charge is 0.410 e. The van der Waals surface area contributed by atoms with Gasteiger partial charge in [0.15, 0.2) is 0 Å². The lowest BCUT2D eigenvalue weighted by Crippen LogP contribution is -2.46. The minimum Gasteiger partial charge on any atom is -0.444 e. The number of carbonyl (C=O) groups excluding carboxylic acids is 1. The molecule has 9 heteroatoms. The zero-order chi connectivity index (χ0) is 19.8. The van der Waals surface area contributed by atoms with E-state index >= 15 is 0 Å². The molecule has 1 aliphatic heterocycles. The van der Waals surface area contributed by atoms with Crippen LogP contribution < -0.4 is 11.1 Å². The predicted octanol–water partition coefficient (Wildman–Crippen LogP) is 4.21. The molecule has 2 fully saturated rings. The van der Waals surface area contributed by atoms with Crippen molar-refractivity contribution in [1.29, 1.82) is 0 Å². The molecule has 2 heterocycles. The van der Waals surface area contributed by atoms with Crippen molar-refractivity contribution >= 4 is 61.0 Å². The first-order chi connectivity index (χ1) is 12.7. The third kappa shape index (κ3) is 4.67. The van der Waals surface area contributed by atoms with Crippen LogP contribution in [-0.2, 0) is 4.74 Å². The van der Waals surface area contributed by atoms with Crippen molar-refractivity contribution in [2.45, 2.75) is 45.3 Å². The number of likely N-dealkylation sites (tertiary alicyclic amines) is 1. The maximum Gasteiger partial charge on any atom is 0.410 e. The van der Waals surface area contributed by atoms with E-state index in [0.29, 0.717) is 22.3 Å². The van der Waals surface area contributed by atoms with Crippen molar-refractivity contribution in [3.8, 4) is 0 Å². The highest BCUT2D eigenvalue weighted by Crippen LogP contribution is 2.42. The minimum absolute atomic E-state index is 0.201. The topological polar surface area (TPSA) is 92.8 Å². The number of piperidine rings is 1. The Labute approximate surface area is 182 Å². The van der Waals surface area contributed by atoms with Gasteiger partial charge in [0.2, 0.25) is 0 Å². The SMILES string of the molecule is CC(C)(C)OC(=O)N1CC2CC(CNc3ccnc(N)c3/C(Br)=N\I)C1C2. The molecule has 7 nitrogen and oxygen atoms in total. The van der Waals surface area contributed by atoms with Crippen LogP contribution in [0.25, 0.3) is 0 Å². The number of nitrogen functional groups attached to an aromatic ring is 1. The summed E-state index contributed by atoms with van der Waals surface area (Å²) < 4.78 is 10.4. The average molecular weight is 550 g/mol. The highest BCUT2D eigenvalue weighted by Gasteiger charge is 2.47. The van der Waals surface area contributed by atoms with Gasteiger partial charge < -0.3 is 20.7 Å². The van der Waals surface area contributed by atoms with E-state index in [1.807, 2.05) is 54.6 Å². The van der Waals surface area contributed by atoms with E-state index < -0.39 is 5.60 Å². The fourth-order valence-corrected chi connectivity index (χ4v) is 4.69. The van der Waals surface area contributed by atoms with Gasteiger partial charge in [-0.3, -0.25) is 0 Å². The van der Waals surface area contributed by atoms with Crippen molar-refractivity contribution in [2.24, 2.45) is 15.0 Å². The van der Waals surface area contributed by atoms with E-state index in [1.54, 1.807) is 6.20 Å². The number of halogens is 2. The molecule has 2 aliphatic rings. The van der Waals surface area contributed by atoms with Gasteiger partial charge in [-0.05, 0) is 67.4 Å². The Morgan fingerprint density at radius 1 is 1.52 bits per heavy atom. The number of ether oxygens (including phenoxy) is 1. The van der Waals surface area contributed by atoms with Gasteiger partial charge in [-0.1, -0.05) is 0 Å². The highest BCUT2D eigenvalue weighted by molar-refractivity contribution is 14.1. The summed E-state index contributed by atoms with van der Waals surface area (Å²) in [6.45, 7) is 7.27. The molecule has 0 spiro atoms. The van der Waals surface area contributed by atoms with E-state index in [4.69, 9.17) is 10.5 Å². The molecule has 1 aliphatic carbocycles. The van der Waals surface area contributed by atoms with Crippen LogP contribution in [0.4, 0.5) is 16.3 Å². The first kappa shape index (κ1) is 20.6. The van der Waals surface area contributed by atoms with Crippen LogP contribution in [0.5, 0.6) is 0 Å². The lowest BCUT2D eigenvalue weighted by molar-refractivity contribution is 0.0139. The number of amides is 1. The number of rotatable bonds is 4. The fraction of sp³-hybridized carbons (Fsp3) is 0.611. The van der Waals surface area contributed by atoms with E-state index in [1.165, 1.54) is 0 Å². The summed E-state index contributed by atoms with van der Waals surface area (Å²) in [5, 5.41) is 3.49. The lowest BCUT2D eigenvalue weighted by Gasteiger charge is -2.35. The van der Waals surface area contributed by atoms with Crippen molar-refractivity contribution in [2.75, 3.05) is 24.1 Å². The van der Waals surface area contributed by atoms with Gasteiger partial charge in [-0.15, -0.1) is 0 Å². The number of fused-ring (bicyclic) bond motifs is 2. The van der Waals surface area contributed by atoms with Crippen LogP contribution in [-0.4, -0.2) is 45.3 Å². The molecule has 3 N–H and O–H groups in total. The number of anilines is 2. The average Bonchev–Trinajstić information content (AvgIpc) is 3.18. The summed E-state index contributed by atoms with van der Waals surface area (Å²) >= 11 is 5.37. The zero-order valence-electron chi connectivity index (χ0n) is 15.7. The molecule has 2 bridgehead atoms. The van der Waals surface area contributed by atoms with Crippen molar-refractivity contribution in [3.63, 3.8) is 0 Å². The molecule has 3 rings (SSSR count). The van der Waals surface area contributed by atoms with Gasteiger partial charge in [0.05, 0.1) is 28.4 Å². The van der Waals surface area contributed by atoms with Gasteiger partial charge in [0.25, 0.3) is 0 Å². The molecule has 3 unspecified atom stereocenters. The third-order valence-corrected chi connectivity index (χ3v) is 6.77. The number of nitrogens with zero attached hydrogens (tertiary/aromatic N) is 3. The molecule has 1 aromatic heterocycles. The molecule has 1 amide bonds. The Kier molecular flexibility index (Phi) is 6.19. The number of aromatic nitrogens is 1. The van der Waals surface area contributed by atoms with Crippen molar-refractivity contribution < 1.29 is 9.53 Å². The Hall–Kier alpha value is -1.10. The monoisotopic (exact) mass is 549 g/mol. The lowest BCUT2D eigenvalue weighted by atomic mass is 9.98. The summed E-state index contributed by atoms with van der Waals surface area (Å²) in [5.74, 6) is 1.36. The van der Waals surface area contributed by atoms with Crippen LogP contribution in [0.1, 0.15) is 39.2 Å². The molecule has 148 valence electrons. The second-order valence-electron chi connectivity index (χ2n) is 8.17. The fourth-order valence-electron chi connectivity index (χ4n) is 4.04. The summed E-state index contributed by atoms with van der Waals surface area (Å²) in [6, 6.07) is 2.12. The van der Waals surface area contributed by atoms with E-state index in [9.17, 15) is 4.79 Å². The van der Waals surface area contributed by atoms with Gasteiger partial charge >= 0.3 is 6.09 Å². The quantitative estimate of drug-likeness (QED) is 0.433. The number of nitrogens with two attached hydrogens (primary N) is 1. The molecule has 1 saturated heterocycles. The van der Waals surface area contributed by atoms with Crippen LogP contribution in [0.3, 0.4) is 0 Å². The van der Waals surface area contributed by atoms with E-state index in [0.717, 1.165) is 37.2 Å². The number of pyridine rings is 1. The summed E-state index contributed by atoms with van der Waals surface area (Å²) in [5.41, 5.74) is 7.21. The number of carbonyl (C=O) groups is 1. The van der Waals surface area contributed by atoms with Crippen LogP contribution in [0.15, 0.2) is 15.5 Å². The first-order valence-corrected chi connectivity index (χ1v) is 10.8. The van der Waals surface area contributed by atoms with Crippen molar-refractivity contribution in [1.82, 2.24) is 9.88 Å². The largest absolute Gasteiger partial charge is 0.444 e. The maximum absolute atomic E-state index is 12.5. The Balaban J connectivity index is 1.68. The van der Waals surface area contributed by atoms with Gasteiger partial charge in [0.1, 0.15) is 16.0 Å². The molecule has 1 saturated carbocycles. The standard InChI is InChI=1S/C18H25BrIN5O2/c1-18(2,3)27-17(26)25-9-10-6-11(13(25)7-10)8-23-12-4-5-22-16(21)14(12)15(19)24-20/h4-5,10-11,13H,6-9H2,1-3H3,(H3,21,22,23)/b24-15+. The number of hydrogen-bond donors (Lipinski definition) is 2. The third-order valence-electron chi connectivity index (χ3n) is 5.05. The molecule has 3 atom stereocenters. The first-order valence-electron chi connectivity index (χ1n) is 9.02. The second-order valence-corrected chi connectivity index (χ2v) is 9.41. The molecular formula is C18H25BrIN5O2. The van der Waals surface area contributed by atoms with Gasteiger partial charge in [0, 0.05) is 31.0 Å². The van der Waals surface area contributed by atoms with Crippen LogP contribution in [0, 0.1) is 11.8 Å². The summed E-state index contributed by atoms with van der Waals surface area (Å²) in [6.07, 6.45) is 3.65. The molecule has 0 radical (unpaired) electrons. The van der Waals surface area contributed by atoms with Crippen LogP contribution in [0.2, 0.25) is 0 Å². The van der Waals surface area contributed by atoms with Gasteiger partial charge in [-0.25, -0.2) is 13.0 Å². The van der Waals surface area contributed by atoms with Gasteiger partial charge in [-0.2, -0.15) is 0 Å². The normalized spacial score (nSPS) is 25.0. The Morgan fingerprint density at radius 2 is 2.26 bits per heavy atom. The summed E-state index contributed by atoms with van der Waals surface area (Å²) in [7, 11) is 0. The number of nitrogens with one attached hydrogen (secondary N) is 1. The van der Waals surface area contributed by atoms with Crippen LogP contribution >= 0.6 is 38.8 Å². The minimum atomic E-state index is -0.471. The Bertz CT molecular complexity index is 752. The van der Waals surface area contributed by atoms with E-state index in [-0.39, 0.29) is 12.1 Å². The van der Waals surface area contributed by atoms with Crippen molar-refractivity contribution in [3.05, 3.63) is 17.8 Å².